The second kappa shape index (κ2) is 6.65. The molecule has 0 amide bonds. The van der Waals surface area contributed by atoms with Crippen molar-refractivity contribution in [1.82, 2.24) is 0 Å². The Hall–Kier alpha value is -2.29. The Morgan fingerprint density at radius 3 is 2.00 bits per heavy atom. The summed E-state index contributed by atoms with van der Waals surface area (Å²) in [5, 5.41) is 0. The Morgan fingerprint density at radius 1 is 0.909 bits per heavy atom. The van der Waals surface area contributed by atoms with E-state index in [4.69, 9.17) is 9.47 Å². The minimum Gasteiger partial charge on any atom is -0.460 e. The van der Waals surface area contributed by atoms with Gasteiger partial charge in [-0.3, -0.25) is 4.79 Å². The number of benzene rings is 2. The third-order valence-corrected chi connectivity index (χ3v) is 3.12. The summed E-state index contributed by atoms with van der Waals surface area (Å²) in [6.07, 6.45) is 0. The number of esters is 1. The summed E-state index contributed by atoms with van der Waals surface area (Å²) < 4.78 is 11.1. The van der Waals surface area contributed by atoms with Gasteiger partial charge in [0.15, 0.2) is 0 Å². The quantitative estimate of drug-likeness (QED) is 0.751. The van der Waals surface area contributed by atoms with Crippen molar-refractivity contribution in [3.05, 3.63) is 60.2 Å². The van der Waals surface area contributed by atoms with Gasteiger partial charge >= 0.3 is 5.97 Å². The molecule has 0 fully saturated rings. The second-order valence-corrected chi connectivity index (χ2v) is 6.24. The molecule has 2 aromatic carbocycles. The van der Waals surface area contributed by atoms with Crippen molar-refractivity contribution in [1.29, 1.82) is 0 Å². The van der Waals surface area contributed by atoms with E-state index in [2.05, 4.69) is 0 Å². The van der Waals surface area contributed by atoms with Crippen LogP contribution in [0.15, 0.2) is 54.6 Å². The van der Waals surface area contributed by atoms with Gasteiger partial charge in [0, 0.05) is 0 Å². The molecule has 1 atom stereocenters. The number of hydrogen-bond acceptors (Lipinski definition) is 3. The fourth-order valence-corrected chi connectivity index (χ4v) is 1.98. The molecule has 0 saturated heterocycles. The third-order valence-electron chi connectivity index (χ3n) is 3.12. The number of rotatable bonds is 4. The van der Waals surface area contributed by atoms with Gasteiger partial charge in [0.2, 0.25) is 0 Å². The number of carbonyl (C=O) groups is 1. The molecule has 22 heavy (non-hydrogen) atoms. The monoisotopic (exact) mass is 298 g/mol. The minimum atomic E-state index is -0.471. The zero-order chi connectivity index (χ0) is 16.2. The van der Waals surface area contributed by atoms with Gasteiger partial charge in [-0.15, -0.1) is 0 Å². The predicted octanol–water partition coefficient (Wildman–Crippen LogP) is 4.92. The molecule has 0 heterocycles. The van der Waals surface area contributed by atoms with Crippen LogP contribution in [0, 0.1) is 0 Å². The molecule has 2 aromatic rings. The molecular formula is C19H22O3. The summed E-state index contributed by atoms with van der Waals surface area (Å²) in [6.45, 7) is 7.46. The van der Waals surface area contributed by atoms with Crippen LogP contribution >= 0.6 is 0 Å². The normalized spacial score (nSPS) is 12.5. The molecule has 0 saturated carbocycles. The first-order valence-electron chi connectivity index (χ1n) is 7.41. The topological polar surface area (TPSA) is 35.5 Å². The molecule has 2 rings (SSSR count). The number of para-hydroxylation sites is 1. The Balaban J connectivity index is 2.04. The van der Waals surface area contributed by atoms with Gasteiger partial charge in [-0.1, -0.05) is 30.3 Å². The fourth-order valence-electron chi connectivity index (χ4n) is 1.98. The van der Waals surface area contributed by atoms with Gasteiger partial charge in [0.1, 0.15) is 17.1 Å². The lowest BCUT2D eigenvalue weighted by Crippen LogP contribution is -2.26. The number of ether oxygens (including phenoxy) is 2. The first-order valence-corrected chi connectivity index (χ1v) is 7.41. The van der Waals surface area contributed by atoms with Crippen molar-refractivity contribution in [2.75, 3.05) is 0 Å². The average molecular weight is 298 g/mol. The van der Waals surface area contributed by atoms with E-state index < -0.39 is 5.60 Å². The summed E-state index contributed by atoms with van der Waals surface area (Å²) in [5.74, 6) is 1.01. The molecule has 0 aliphatic heterocycles. The zero-order valence-corrected chi connectivity index (χ0v) is 13.5. The maximum absolute atomic E-state index is 12.1. The molecule has 0 aromatic heterocycles. The van der Waals surface area contributed by atoms with Crippen LogP contribution in [0.4, 0.5) is 0 Å². The van der Waals surface area contributed by atoms with E-state index in [1.165, 1.54) is 0 Å². The van der Waals surface area contributed by atoms with E-state index in [1.54, 1.807) is 0 Å². The first-order chi connectivity index (χ1) is 10.3. The van der Waals surface area contributed by atoms with Crippen LogP contribution in [0.3, 0.4) is 0 Å². The molecule has 0 N–H and O–H groups in total. The van der Waals surface area contributed by atoms with E-state index in [0.717, 1.165) is 17.1 Å². The highest BCUT2D eigenvalue weighted by Gasteiger charge is 2.22. The van der Waals surface area contributed by atoms with Gasteiger partial charge in [0.05, 0.1) is 5.92 Å². The van der Waals surface area contributed by atoms with Crippen LogP contribution in [-0.2, 0) is 9.53 Å². The molecular weight excluding hydrogens is 276 g/mol. The highest BCUT2D eigenvalue weighted by atomic mass is 16.6. The van der Waals surface area contributed by atoms with E-state index >= 15 is 0 Å². The number of hydrogen-bond donors (Lipinski definition) is 0. The number of carbonyl (C=O) groups excluding carboxylic acids is 1. The van der Waals surface area contributed by atoms with Crippen LogP contribution in [0.25, 0.3) is 0 Å². The molecule has 3 heteroatoms. The van der Waals surface area contributed by atoms with E-state index in [9.17, 15) is 4.79 Å². The maximum Gasteiger partial charge on any atom is 0.313 e. The van der Waals surface area contributed by atoms with Gasteiger partial charge < -0.3 is 9.47 Å². The molecule has 3 nitrogen and oxygen atoms in total. The summed E-state index contributed by atoms with van der Waals surface area (Å²) >= 11 is 0. The van der Waals surface area contributed by atoms with Crippen LogP contribution in [-0.4, -0.2) is 11.6 Å². The van der Waals surface area contributed by atoms with Gasteiger partial charge in [-0.05, 0) is 57.5 Å². The lowest BCUT2D eigenvalue weighted by Gasteiger charge is -2.22. The summed E-state index contributed by atoms with van der Waals surface area (Å²) in [5.41, 5.74) is 0.441. The smallest absolute Gasteiger partial charge is 0.313 e. The average Bonchev–Trinajstić information content (AvgIpc) is 2.46. The Kier molecular flexibility index (Phi) is 4.86. The van der Waals surface area contributed by atoms with E-state index in [0.29, 0.717) is 0 Å². The molecule has 0 aliphatic rings. The van der Waals surface area contributed by atoms with Crippen LogP contribution < -0.4 is 4.74 Å². The van der Waals surface area contributed by atoms with Gasteiger partial charge in [0.25, 0.3) is 0 Å². The van der Waals surface area contributed by atoms with Crippen LogP contribution in [0.2, 0.25) is 0 Å². The van der Waals surface area contributed by atoms with Crippen molar-refractivity contribution >= 4 is 5.97 Å². The lowest BCUT2D eigenvalue weighted by atomic mass is 10.0. The molecule has 0 bridgehead atoms. The highest BCUT2D eigenvalue weighted by molar-refractivity contribution is 5.78. The summed E-state index contributed by atoms with van der Waals surface area (Å²) in [6, 6.07) is 17.1. The highest BCUT2D eigenvalue weighted by Crippen LogP contribution is 2.25. The second-order valence-electron chi connectivity index (χ2n) is 6.24. The standard InChI is InChI=1S/C19H22O3/c1-14(18(20)22-19(2,3)4)15-10-12-17(13-11-15)21-16-8-6-5-7-9-16/h5-14H,1-4H3/t14-/m1/s1. The Bertz CT molecular complexity index is 609. The van der Waals surface area contributed by atoms with Crippen molar-refractivity contribution in [3.8, 4) is 11.5 Å². The predicted molar refractivity (Wildman–Crippen MR) is 87.2 cm³/mol. The molecule has 0 spiro atoms. The lowest BCUT2D eigenvalue weighted by molar-refractivity contribution is -0.156. The third kappa shape index (κ3) is 4.62. The van der Waals surface area contributed by atoms with Gasteiger partial charge in [-0.2, -0.15) is 0 Å². The van der Waals surface area contributed by atoms with Crippen molar-refractivity contribution in [2.45, 2.75) is 39.2 Å². The molecule has 0 radical (unpaired) electrons. The van der Waals surface area contributed by atoms with Crippen molar-refractivity contribution in [2.24, 2.45) is 0 Å². The summed E-state index contributed by atoms with van der Waals surface area (Å²) in [7, 11) is 0. The summed E-state index contributed by atoms with van der Waals surface area (Å²) in [4.78, 5) is 12.1. The van der Waals surface area contributed by atoms with Crippen molar-refractivity contribution < 1.29 is 14.3 Å². The van der Waals surface area contributed by atoms with Crippen LogP contribution in [0.1, 0.15) is 39.2 Å². The van der Waals surface area contributed by atoms with E-state index in [1.807, 2.05) is 82.3 Å². The molecule has 0 aliphatic carbocycles. The largest absolute Gasteiger partial charge is 0.460 e. The maximum atomic E-state index is 12.1. The first kappa shape index (κ1) is 16.1. The minimum absolute atomic E-state index is 0.218. The Labute approximate surface area is 131 Å². The fraction of sp³-hybridized carbons (Fsp3) is 0.316. The Morgan fingerprint density at radius 2 is 1.45 bits per heavy atom. The van der Waals surface area contributed by atoms with Gasteiger partial charge in [-0.25, -0.2) is 0 Å². The van der Waals surface area contributed by atoms with Crippen LogP contribution in [0.5, 0.6) is 11.5 Å². The zero-order valence-electron chi connectivity index (χ0n) is 13.5. The SMILES string of the molecule is C[C@@H](C(=O)OC(C)(C)C)c1ccc(Oc2ccccc2)cc1. The molecule has 0 unspecified atom stereocenters. The van der Waals surface area contributed by atoms with E-state index in [-0.39, 0.29) is 11.9 Å². The molecule has 116 valence electrons. The van der Waals surface area contributed by atoms with Crippen molar-refractivity contribution in [3.63, 3.8) is 0 Å².